The average molecular weight is 246 g/mol. The third-order valence-electron chi connectivity index (χ3n) is 2.29. The zero-order valence-electron chi connectivity index (χ0n) is 9.28. The van der Waals surface area contributed by atoms with Crippen LogP contribution in [0, 0.1) is 5.82 Å². The van der Waals surface area contributed by atoms with Gasteiger partial charge in [-0.2, -0.15) is 0 Å². The summed E-state index contributed by atoms with van der Waals surface area (Å²) in [4.78, 5) is 0. The fraction of sp³-hybridized carbons (Fsp3) is 0.333. The first-order valence-corrected chi connectivity index (χ1v) is 4.89. The third kappa shape index (κ3) is 3.83. The SMILES string of the molecule is C=CCC[C@H](N)c1ccc(OC)c(F)c1.Cl. The minimum atomic E-state index is -0.371. The summed E-state index contributed by atoms with van der Waals surface area (Å²) in [7, 11) is 1.44. The lowest BCUT2D eigenvalue weighted by atomic mass is 10.0. The molecule has 1 aromatic carbocycles. The third-order valence-corrected chi connectivity index (χ3v) is 2.29. The predicted octanol–water partition coefficient (Wildman–Crippen LogP) is 3.22. The molecule has 0 aromatic heterocycles. The van der Waals surface area contributed by atoms with Crippen LogP contribution in [0.3, 0.4) is 0 Å². The van der Waals surface area contributed by atoms with Crippen LogP contribution in [0.25, 0.3) is 0 Å². The summed E-state index contributed by atoms with van der Waals surface area (Å²) < 4.78 is 18.2. The second-order valence-corrected chi connectivity index (χ2v) is 3.37. The largest absolute Gasteiger partial charge is 0.494 e. The van der Waals surface area contributed by atoms with E-state index in [9.17, 15) is 4.39 Å². The van der Waals surface area contributed by atoms with Crippen LogP contribution in [0.15, 0.2) is 30.9 Å². The van der Waals surface area contributed by atoms with Crippen molar-refractivity contribution in [1.82, 2.24) is 0 Å². The van der Waals surface area contributed by atoms with Crippen LogP contribution in [-0.4, -0.2) is 7.11 Å². The lowest BCUT2D eigenvalue weighted by molar-refractivity contribution is 0.385. The highest BCUT2D eigenvalue weighted by Crippen LogP contribution is 2.22. The van der Waals surface area contributed by atoms with Crippen LogP contribution in [0.4, 0.5) is 4.39 Å². The maximum atomic E-state index is 13.3. The van der Waals surface area contributed by atoms with Gasteiger partial charge in [0.1, 0.15) is 0 Å². The van der Waals surface area contributed by atoms with Gasteiger partial charge in [-0.15, -0.1) is 19.0 Å². The van der Waals surface area contributed by atoms with E-state index in [1.165, 1.54) is 13.2 Å². The highest BCUT2D eigenvalue weighted by molar-refractivity contribution is 5.85. The van der Waals surface area contributed by atoms with E-state index in [1.54, 1.807) is 18.2 Å². The van der Waals surface area contributed by atoms with Gasteiger partial charge in [0.2, 0.25) is 0 Å². The van der Waals surface area contributed by atoms with E-state index in [1.807, 2.05) is 0 Å². The van der Waals surface area contributed by atoms with E-state index < -0.39 is 0 Å². The number of hydrogen-bond acceptors (Lipinski definition) is 2. The number of hydrogen-bond donors (Lipinski definition) is 1. The predicted molar refractivity (Wildman–Crippen MR) is 66.6 cm³/mol. The van der Waals surface area contributed by atoms with Crippen LogP contribution in [0.1, 0.15) is 24.4 Å². The Balaban J connectivity index is 0.00000225. The molecule has 0 fully saturated rings. The molecule has 2 nitrogen and oxygen atoms in total. The second-order valence-electron chi connectivity index (χ2n) is 3.37. The van der Waals surface area contributed by atoms with E-state index in [0.717, 1.165) is 18.4 Å². The quantitative estimate of drug-likeness (QED) is 0.809. The Morgan fingerprint density at radius 1 is 1.56 bits per heavy atom. The second kappa shape index (κ2) is 7.25. The van der Waals surface area contributed by atoms with Gasteiger partial charge in [0.05, 0.1) is 7.11 Å². The molecule has 4 heteroatoms. The average Bonchev–Trinajstić information content (AvgIpc) is 2.25. The molecule has 1 aromatic rings. The zero-order valence-corrected chi connectivity index (χ0v) is 10.1. The van der Waals surface area contributed by atoms with E-state index in [0.29, 0.717) is 0 Å². The molecule has 0 radical (unpaired) electrons. The van der Waals surface area contributed by atoms with Gasteiger partial charge >= 0.3 is 0 Å². The topological polar surface area (TPSA) is 35.2 Å². The summed E-state index contributed by atoms with van der Waals surface area (Å²) in [6.45, 7) is 3.62. The summed E-state index contributed by atoms with van der Waals surface area (Å²) in [5.41, 5.74) is 6.67. The van der Waals surface area contributed by atoms with Gasteiger partial charge < -0.3 is 10.5 Å². The summed E-state index contributed by atoms with van der Waals surface area (Å²) in [5.74, 6) is -0.126. The Kier molecular flexibility index (Phi) is 6.77. The molecule has 0 heterocycles. The van der Waals surface area contributed by atoms with Crippen LogP contribution >= 0.6 is 12.4 Å². The van der Waals surface area contributed by atoms with Gasteiger partial charge in [0.15, 0.2) is 11.6 Å². The van der Waals surface area contributed by atoms with E-state index in [-0.39, 0.29) is 30.0 Å². The Bertz CT molecular complexity index is 344. The van der Waals surface area contributed by atoms with Crippen molar-refractivity contribution < 1.29 is 9.13 Å². The molecule has 1 atom stereocenters. The van der Waals surface area contributed by atoms with Crippen molar-refractivity contribution in [1.29, 1.82) is 0 Å². The number of allylic oxidation sites excluding steroid dienone is 1. The minimum absolute atomic E-state index is 0. The molecule has 0 amide bonds. The first-order chi connectivity index (χ1) is 7.19. The fourth-order valence-corrected chi connectivity index (χ4v) is 1.38. The highest BCUT2D eigenvalue weighted by Gasteiger charge is 2.08. The van der Waals surface area contributed by atoms with Gasteiger partial charge in [-0.25, -0.2) is 4.39 Å². The minimum Gasteiger partial charge on any atom is -0.494 e. The Morgan fingerprint density at radius 2 is 2.25 bits per heavy atom. The molecule has 0 saturated carbocycles. The van der Waals surface area contributed by atoms with Gasteiger partial charge in [-0.1, -0.05) is 12.1 Å². The van der Waals surface area contributed by atoms with Crippen molar-refractivity contribution in [2.24, 2.45) is 5.73 Å². The molecule has 16 heavy (non-hydrogen) atoms. The molecule has 0 aliphatic heterocycles. The Hall–Kier alpha value is -1.06. The molecule has 0 aliphatic rings. The van der Waals surface area contributed by atoms with Gasteiger partial charge in [0, 0.05) is 6.04 Å². The molecule has 0 saturated heterocycles. The summed E-state index contributed by atoms with van der Waals surface area (Å²) in [6, 6.07) is 4.66. The number of halogens is 2. The Labute approximate surface area is 102 Å². The van der Waals surface area contributed by atoms with Crippen molar-refractivity contribution in [3.05, 3.63) is 42.2 Å². The molecule has 0 bridgehead atoms. The van der Waals surface area contributed by atoms with Crippen molar-refractivity contribution >= 4 is 12.4 Å². The van der Waals surface area contributed by atoms with Crippen molar-refractivity contribution in [3.63, 3.8) is 0 Å². The molecule has 90 valence electrons. The van der Waals surface area contributed by atoms with Gasteiger partial charge in [-0.05, 0) is 30.5 Å². The normalized spacial score (nSPS) is 11.4. The monoisotopic (exact) mass is 245 g/mol. The lowest BCUT2D eigenvalue weighted by Crippen LogP contribution is -2.10. The van der Waals surface area contributed by atoms with Crippen LogP contribution in [0.5, 0.6) is 5.75 Å². The molecule has 2 N–H and O–H groups in total. The van der Waals surface area contributed by atoms with E-state index in [4.69, 9.17) is 10.5 Å². The molecular formula is C12H17ClFNO. The highest BCUT2D eigenvalue weighted by atomic mass is 35.5. The van der Waals surface area contributed by atoms with Crippen molar-refractivity contribution in [2.75, 3.05) is 7.11 Å². The number of methoxy groups -OCH3 is 1. The first-order valence-electron chi connectivity index (χ1n) is 4.89. The van der Waals surface area contributed by atoms with Crippen LogP contribution in [-0.2, 0) is 0 Å². The molecule has 1 rings (SSSR count). The van der Waals surface area contributed by atoms with E-state index in [2.05, 4.69) is 6.58 Å². The summed E-state index contributed by atoms with van der Waals surface area (Å²) in [6.07, 6.45) is 3.41. The van der Waals surface area contributed by atoms with Crippen molar-refractivity contribution in [3.8, 4) is 5.75 Å². The number of ether oxygens (including phenoxy) is 1. The molecule has 0 aliphatic carbocycles. The maximum absolute atomic E-state index is 13.3. The Morgan fingerprint density at radius 3 is 2.75 bits per heavy atom. The van der Waals surface area contributed by atoms with Crippen LogP contribution < -0.4 is 10.5 Å². The van der Waals surface area contributed by atoms with E-state index >= 15 is 0 Å². The fourth-order valence-electron chi connectivity index (χ4n) is 1.38. The first kappa shape index (κ1) is 14.9. The zero-order chi connectivity index (χ0) is 11.3. The number of benzene rings is 1. The van der Waals surface area contributed by atoms with Crippen molar-refractivity contribution in [2.45, 2.75) is 18.9 Å². The maximum Gasteiger partial charge on any atom is 0.165 e. The summed E-state index contributed by atoms with van der Waals surface area (Å²) >= 11 is 0. The molecule has 0 unspecified atom stereocenters. The number of rotatable bonds is 5. The standard InChI is InChI=1S/C12H16FNO.ClH/c1-3-4-5-11(14)9-6-7-12(15-2)10(13)8-9;/h3,6-8,11H,1,4-5,14H2,2H3;1H/t11-;/m0./s1. The smallest absolute Gasteiger partial charge is 0.165 e. The molecule has 0 spiro atoms. The van der Waals surface area contributed by atoms with Gasteiger partial charge in [-0.3, -0.25) is 0 Å². The van der Waals surface area contributed by atoms with Crippen LogP contribution in [0.2, 0.25) is 0 Å². The molecular weight excluding hydrogens is 229 g/mol. The van der Waals surface area contributed by atoms with Gasteiger partial charge in [0.25, 0.3) is 0 Å². The summed E-state index contributed by atoms with van der Waals surface area (Å²) in [5, 5.41) is 0. The lowest BCUT2D eigenvalue weighted by Gasteiger charge is -2.11. The number of nitrogens with two attached hydrogens (primary N) is 1.